The van der Waals surface area contributed by atoms with Gasteiger partial charge in [0.1, 0.15) is 11.5 Å². The van der Waals surface area contributed by atoms with Gasteiger partial charge in [-0.1, -0.05) is 78.0 Å². The summed E-state index contributed by atoms with van der Waals surface area (Å²) < 4.78 is 21.0. The highest BCUT2D eigenvalue weighted by molar-refractivity contribution is 9.10. The lowest BCUT2D eigenvalue weighted by Gasteiger charge is -2.09. The van der Waals surface area contributed by atoms with Crippen molar-refractivity contribution in [3.63, 3.8) is 0 Å². The summed E-state index contributed by atoms with van der Waals surface area (Å²) in [4.78, 5) is 22.2. The summed E-state index contributed by atoms with van der Waals surface area (Å²) in [5.41, 5.74) is 4.22. The summed E-state index contributed by atoms with van der Waals surface area (Å²) >= 11 is 3.32. The smallest absolute Gasteiger partial charge is 0.482 e. The Balaban J connectivity index is 0.000000390. The van der Waals surface area contributed by atoms with E-state index in [0.29, 0.717) is 30.2 Å². The van der Waals surface area contributed by atoms with Crippen molar-refractivity contribution < 1.29 is 48.8 Å². The summed E-state index contributed by atoms with van der Waals surface area (Å²) in [5.74, 6) is 0.269. The molecule has 4 N–H and O–H groups in total. The molecule has 0 unspecified atom stereocenters. The fourth-order valence-corrected chi connectivity index (χ4v) is 4.33. The van der Waals surface area contributed by atoms with Crippen LogP contribution in [-0.2, 0) is 19.1 Å². The molecule has 264 valence electrons. The Morgan fingerprint density at radius 2 is 1.12 bits per heavy atom. The maximum atomic E-state index is 11.2. The van der Waals surface area contributed by atoms with Gasteiger partial charge in [-0.2, -0.15) is 0 Å². The Kier molecular flexibility index (Phi) is 20.3. The van der Waals surface area contributed by atoms with Crippen molar-refractivity contribution in [2.45, 2.75) is 47.3 Å². The number of hydrogen-bond donors (Lipinski definition) is 4. The van der Waals surface area contributed by atoms with E-state index in [1.807, 2.05) is 72.8 Å². The molecule has 2 atom stereocenters. The number of carbonyl (C=O) groups is 2. The molecule has 0 aromatic heterocycles. The SMILES string of the molecule is C.CCOC(=O)COc1ccc(-c2cccc([C@@H](C)O)c2)cc1.CCOC(=O)COc1ccc(B(O)O)cc1.C[C@@H](O)c1cccc(Br)c1. The number of ether oxygens (including phenoxy) is 4. The van der Waals surface area contributed by atoms with Crippen LogP contribution in [0, 0.1) is 0 Å². The number of benzene rings is 4. The second-order valence-corrected chi connectivity index (χ2v) is 11.1. The molecule has 0 bridgehead atoms. The minimum atomic E-state index is -1.50. The Morgan fingerprint density at radius 3 is 1.53 bits per heavy atom. The van der Waals surface area contributed by atoms with E-state index in [-0.39, 0.29) is 32.7 Å². The highest BCUT2D eigenvalue weighted by atomic mass is 79.9. The number of halogens is 1. The first-order chi connectivity index (χ1) is 22.9. The number of aliphatic hydroxyl groups excluding tert-OH is 2. The summed E-state index contributed by atoms with van der Waals surface area (Å²) in [6, 6.07) is 29.0. The van der Waals surface area contributed by atoms with Crippen LogP contribution in [0.1, 0.15) is 58.5 Å². The Bertz CT molecular complexity index is 1530. The van der Waals surface area contributed by atoms with Crippen molar-refractivity contribution in [3.05, 3.63) is 113 Å². The zero-order valence-electron chi connectivity index (χ0n) is 27.4. The predicted octanol–water partition coefficient (Wildman–Crippen LogP) is 5.80. The minimum Gasteiger partial charge on any atom is -0.482 e. The van der Waals surface area contributed by atoms with E-state index in [9.17, 15) is 14.7 Å². The van der Waals surface area contributed by atoms with Crippen LogP contribution in [0.25, 0.3) is 11.1 Å². The van der Waals surface area contributed by atoms with Crippen molar-refractivity contribution >= 4 is 40.4 Å². The molecule has 49 heavy (non-hydrogen) atoms. The van der Waals surface area contributed by atoms with Gasteiger partial charge < -0.3 is 39.2 Å². The minimum absolute atomic E-state index is 0. The van der Waals surface area contributed by atoms with Gasteiger partial charge >= 0.3 is 19.1 Å². The summed E-state index contributed by atoms with van der Waals surface area (Å²) in [5, 5.41) is 36.5. The number of esters is 2. The molecule has 0 fully saturated rings. The second kappa shape index (κ2) is 23.2. The Morgan fingerprint density at radius 1 is 0.673 bits per heavy atom. The molecule has 0 radical (unpaired) electrons. The molecule has 4 aromatic carbocycles. The molecule has 0 amide bonds. The third-order valence-electron chi connectivity index (χ3n) is 6.39. The number of carbonyl (C=O) groups excluding carboxylic acids is 2. The van der Waals surface area contributed by atoms with Gasteiger partial charge in [-0.25, -0.2) is 9.59 Å². The topological polar surface area (TPSA) is 152 Å². The Hall–Kier alpha value is -4.20. The lowest BCUT2D eigenvalue weighted by Crippen LogP contribution is -2.29. The highest BCUT2D eigenvalue weighted by Crippen LogP contribution is 2.25. The standard InChI is InChI=1S/C18H20O4.C10H13BO5.C8H9BrO.CH4/c1-3-21-18(20)12-22-17-9-7-14(8-10-17)16-6-4-5-15(11-16)13(2)19;1-2-15-10(12)7-16-9-5-3-8(4-6-9)11(13)14;1-6(10)7-3-2-4-8(9)5-7;/h4-11,13,19H,3,12H2,1-2H3;3-6,13-14H,2,7H2,1H3;2-6,10H,1H3;1H4/t13-;;6-;/m1.1./s1. The molecular formula is C37H46BBrO10. The molecule has 0 aliphatic heterocycles. The van der Waals surface area contributed by atoms with Crippen LogP contribution >= 0.6 is 15.9 Å². The molecule has 4 aromatic rings. The van der Waals surface area contributed by atoms with Crippen molar-refractivity contribution in [2.24, 2.45) is 0 Å². The molecule has 0 saturated heterocycles. The van der Waals surface area contributed by atoms with Gasteiger partial charge in [-0.3, -0.25) is 0 Å². The van der Waals surface area contributed by atoms with Crippen molar-refractivity contribution in [1.82, 2.24) is 0 Å². The first kappa shape index (κ1) is 42.8. The van der Waals surface area contributed by atoms with Crippen LogP contribution in [0.3, 0.4) is 0 Å². The molecule has 10 nitrogen and oxygen atoms in total. The fraction of sp³-hybridized carbons (Fsp3) is 0.297. The molecule has 12 heteroatoms. The molecule has 0 aliphatic carbocycles. The quantitative estimate of drug-likeness (QED) is 0.104. The molecular weight excluding hydrogens is 695 g/mol. The van der Waals surface area contributed by atoms with E-state index in [2.05, 4.69) is 20.7 Å². The first-order valence-corrected chi connectivity index (χ1v) is 16.1. The number of rotatable bonds is 12. The van der Waals surface area contributed by atoms with Gasteiger partial charge in [0.05, 0.1) is 25.4 Å². The molecule has 4 rings (SSSR count). The van der Waals surface area contributed by atoms with E-state index in [4.69, 9.17) is 29.4 Å². The average molecular weight is 741 g/mol. The van der Waals surface area contributed by atoms with Crippen LogP contribution in [-0.4, -0.2) is 65.7 Å². The lowest BCUT2D eigenvalue weighted by molar-refractivity contribution is -0.146. The third-order valence-corrected chi connectivity index (χ3v) is 6.88. The van der Waals surface area contributed by atoms with Crippen molar-refractivity contribution in [1.29, 1.82) is 0 Å². The van der Waals surface area contributed by atoms with Crippen molar-refractivity contribution in [2.75, 3.05) is 26.4 Å². The average Bonchev–Trinajstić information content (AvgIpc) is 3.08. The zero-order chi connectivity index (χ0) is 35.5. The maximum Gasteiger partial charge on any atom is 0.488 e. The van der Waals surface area contributed by atoms with Gasteiger partial charge in [0.2, 0.25) is 0 Å². The van der Waals surface area contributed by atoms with E-state index in [0.717, 1.165) is 26.7 Å². The zero-order valence-corrected chi connectivity index (χ0v) is 29.0. The van der Waals surface area contributed by atoms with Crippen LogP contribution < -0.4 is 14.9 Å². The van der Waals surface area contributed by atoms with Crippen LogP contribution in [0.4, 0.5) is 0 Å². The maximum absolute atomic E-state index is 11.2. The van der Waals surface area contributed by atoms with Crippen molar-refractivity contribution in [3.8, 4) is 22.6 Å². The summed E-state index contributed by atoms with van der Waals surface area (Å²) in [6.45, 7) is 7.38. The molecule has 0 heterocycles. The van der Waals surface area contributed by atoms with Gasteiger partial charge in [-0.05, 0) is 97.9 Å². The molecule has 0 spiro atoms. The highest BCUT2D eigenvalue weighted by Gasteiger charge is 2.11. The first-order valence-electron chi connectivity index (χ1n) is 15.3. The summed E-state index contributed by atoms with van der Waals surface area (Å²) in [7, 11) is -1.50. The number of hydrogen-bond acceptors (Lipinski definition) is 10. The van der Waals surface area contributed by atoms with E-state index in [1.54, 1.807) is 39.8 Å². The normalized spacial score (nSPS) is 11.1. The van der Waals surface area contributed by atoms with Crippen LogP contribution in [0.15, 0.2) is 102 Å². The fourth-order valence-electron chi connectivity index (χ4n) is 3.91. The Labute approximate surface area is 297 Å². The predicted molar refractivity (Wildman–Crippen MR) is 195 cm³/mol. The van der Waals surface area contributed by atoms with Gasteiger partial charge in [0.15, 0.2) is 13.2 Å². The second-order valence-electron chi connectivity index (χ2n) is 10.2. The van der Waals surface area contributed by atoms with Gasteiger partial charge in [-0.15, -0.1) is 0 Å². The van der Waals surface area contributed by atoms with Crippen LogP contribution in [0.2, 0.25) is 0 Å². The summed E-state index contributed by atoms with van der Waals surface area (Å²) in [6.07, 6.45) is -0.871. The van der Waals surface area contributed by atoms with Gasteiger partial charge in [0, 0.05) is 4.47 Å². The number of aliphatic hydroxyl groups is 2. The monoisotopic (exact) mass is 740 g/mol. The van der Waals surface area contributed by atoms with E-state index >= 15 is 0 Å². The lowest BCUT2D eigenvalue weighted by atomic mass is 9.80. The van der Waals surface area contributed by atoms with E-state index in [1.165, 1.54) is 12.1 Å². The van der Waals surface area contributed by atoms with Crippen LogP contribution in [0.5, 0.6) is 11.5 Å². The largest absolute Gasteiger partial charge is 0.488 e. The van der Waals surface area contributed by atoms with E-state index < -0.39 is 19.2 Å². The van der Waals surface area contributed by atoms with Gasteiger partial charge in [0.25, 0.3) is 0 Å². The third kappa shape index (κ3) is 16.7. The molecule has 0 aliphatic rings. The molecule has 0 saturated carbocycles.